The molecule has 24 heavy (non-hydrogen) atoms. The van der Waals surface area contributed by atoms with Crippen LogP contribution in [0.25, 0.3) is 0 Å². The van der Waals surface area contributed by atoms with Crippen LogP contribution < -0.4 is 10.6 Å². The van der Waals surface area contributed by atoms with E-state index < -0.39 is 0 Å². The van der Waals surface area contributed by atoms with E-state index in [0.29, 0.717) is 6.04 Å². The van der Waals surface area contributed by atoms with Crippen molar-refractivity contribution in [1.82, 2.24) is 20.4 Å². The maximum atomic E-state index is 13.2. The fourth-order valence-electron chi connectivity index (χ4n) is 3.45. The van der Waals surface area contributed by atoms with Crippen molar-refractivity contribution in [3.8, 4) is 0 Å². The van der Waals surface area contributed by atoms with E-state index in [0.717, 1.165) is 44.1 Å². The van der Waals surface area contributed by atoms with Crippen molar-refractivity contribution in [3.63, 3.8) is 0 Å². The molecule has 3 aliphatic rings. The Hall–Kier alpha value is -1.66. The Labute approximate surface area is 143 Å². The third-order valence-electron chi connectivity index (χ3n) is 4.79. The molecule has 1 unspecified atom stereocenters. The van der Waals surface area contributed by atoms with Crippen molar-refractivity contribution >= 4 is 5.96 Å². The van der Waals surface area contributed by atoms with Gasteiger partial charge in [-0.1, -0.05) is 12.1 Å². The second-order valence-corrected chi connectivity index (χ2v) is 6.52. The molecule has 6 heteroatoms. The monoisotopic (exact) mass is 333 g/mol. The number of hydrogen-bond acceptors (Lipinski definition) is 3. The smallest absolute Gasteiger partial charge is 0.191 e. The van der Waals surface area contributed by atoms with Gasteiger partial charge in [0.25, 0.3) is 0 Å². The molecule has 3 aliphatic heterocycles. The first-order valence-corrected chi connectivity index (χ1v) is 8.97. The average Bonchev–Trinajstić information content (AvgIpc) is 2.61. The highest BCUT2D eigenvalue weighted by Crippen LogP contribution is 2.15. The number of nitrogens with zero attached hydrogens (tertiary/aromatic N) is 3. The number of hydrogen-bond donors (Lipinski definition) is 2. The van der Waals surface area contributed by atoms with E-state index in [-0.39, 0.29) is 5.82 Å². The number of piperazine rings is 3. The van der Waals surface area contributed by atoms with Crippen LogP contribution in [0.15, 0.2) is 29.3 Å². The van der Waals surface area contributed by atoms with Crippen molar-refractivity contribution in [3.05, 3.63) is 35.6 Å². The van der Waals surface area contributed by atoms with Gasteiger partial charge in [0.1, 0.15) is 5.82 Å². The van der Waals surface area contributed by atoms with Gasteiger partial charge in [-0.05, 0) is 31.0 Å². The minimum atomic E-state index is -0.176. The summed E-state index contributed by atoms with van der Waals surface area (Å²) in [7, 11) is 0. The first-order chi connectivity index (χ1) is 11.7. The minimum absolute atomic E-state index is 0.176. The highest BCUT2D eigenvalue weighted by molar-refractivity contribution is 5.79. The van der Waals surface area contributed by atoms with E-state index in [1.54, 1.807) is 12.1 Å². The van der Waals surface area contributed by atoms with Crippen LogP contribution in [0.4, 0.5) is 4.39 Å². The number of aliphatic imine (C=N–C) groups is 1. The van der Waals surface area contributed by atoms with Crippen LogP contribution in [0.2, 0.25) is 0 Å². The van der Waals surface area contributed by atoms with E-state index in [4.69, 9.17) is 4.99 Å². The van der Waals surface area contributed by atoms with E-state index >= 15 is 0 Å². The molecule has 0 radical (unpaired) electrons. The maximum absolute atomic E-state index is 13.2. The molecule has 5 nitrogen and oxygen atoms in total. The van der Waals surface area contributed by atoms with E-state index in [9.17, 15) is 4.39 Å². The highest BCUT2D eigenvalue weighted by Gasteiger charge is 2.31. The molecule has 2 N–H and O–H groups in total. The summed E-state index contributed by atoms with van der Waals surface area (Å²) in [5.41, 5.74) is 1.00. The Morgan fingerprint density at radius 2 is 2.08 bits per heavy atom. The van der Waals surface area contributed by atoms with Crippen LogP contribution in [0, 0.1) is 5.82 Å². The lowest BCUT2D eigenvalue weighted by atomic mass is 10.1. The molecule has 132 valence electrons. The zero-order valence-corrected chi connectivity index (χ0v) is 14.5. The summed E-state index contributed by atoms with van der Waals surface area (Å²) < 4.78 is 13.2. The van der Waals surface area contributed by atoms with Gasteiger partial charge >= 0.3 is 0 Å². The van der Waals surface area contributed by atoms with Gasteiger partial charge in [-0.2, -0.15) is 0 Å². The molecule has 3 saturated heterocycles. The van der Waals surface area contributed by atoms with Gasteiger partial charge in [-0.25, -0.2) is 4.39 Å². The molecular weight excluding hydrogens is 305 g/mol. The average molecular weight is 333 g/mol. The summed E-state index contributed by atoms with van der Waals surface area (Å²) in [5, 5.41) is 6.65. The van der Waals surface area contributed by atoms with Crippen molar-refractivity contribution in [2.75, 3.05) is 52.4 Å². The van der Waals surface area contributed by atoms with E-state index in [1.807, 2.05) is 6.07 Å². The predicted octanol–water partition coefficient (Wildman–Crippen LogP) is 0.923. The zero-order chi connectivity index (χ0) is 16.8. The lowest BCUT2D eigenvalue weighted by Gasteiger charge is -2.47. The van der Waals surface area contributed by atoms with E-state index in [1.165, 1.54) is 32.2 Å². The Kier molecular flexibility index (Phi) is 6.04. The van der Waals surface area contributed by atoms with Crippen LogP contribution in [0.1, 0.15) is 12.5 Å². The standard InChI is InChI=1S/C18H28FN5/c1-2-20-18(21-7-6-15-4-3-5-16(19)12-15)22-13-17-14-23-8-10-24(17)11-9-23/h3-5,12,17H,2,6-11,13-14H2,1H3,(H2,20,21,22). The summed E-state index contributed by atoms with van der Waals surface area (Å²) >= 11 is 0. The normalized spacial score (nSPS) is 26.4. The first-order valence-electron chi connectivity index (χ1n) is 8.97. The highest BCUT2D eigenvalue weighted by atomic mass is 19.1. The third-order valence-corrected chi connectivity index (χ3v) is 4.79. The molecular formula is C18H28FN5. The molecule has 0 spiro atoms. The predicted molar refractivity (Wildman–Crippen MR) is 95.9 cm³/mol. The van der Waals surface area contributed by atoms with Crippen LogP contribution in [0.3, 0.4) is 0 Å². The second-order valence-electron chi connectivity index (χ2n) is 6.52. The molecule has 0 amide bonds. The molecule has 0 aromatic heterocycles. The quantitative estimate of drug-likeness (QED) is 0.600. The number of halogens is 1. The summed E-state index contributed by atoms with van der Waals surface area (Å²) in [4.78, 5) is 9.84. The van der Waals surface area contributed by atoms with Crippen molar-refractivity contribution < 1.29 is 4.39 Å². The number of benzene rings is 1. The second kappa shape index (κ2) is 8.44. The van der Waals surface area contributed by atoms with Crippen LogP contribution in [0.5, 0.6) is 0 Å². The largest absolute Gasteiger partial charge is 0.357 e. The Morgan fingerprint density at radius 3 is 2.75 bits per heavy atom. The van der Waals surface area contributed by atoms with E-state index in [2.05, 4.69) is 27.4 Å². The molecule has 3 heterocycles. The Morgan fingerprint density at radius 1 is 1.25 bits per heavy atom. The van der Waals surface area contributed by atoms with Crippen molar-refractivity contribution in [2.24, 2.45) is 4.99 Å². The first kappa shape index (κ1) is 17.2. The fraction of sp³-hybridized carbons (Fsp3) is 0.611. The number of guanidine groups is 1. The molecule has 3 fully saturated rings. The molecule has 1 aromatic rings. The molecule has 0 saturated carbocycles. The third kappa shape index (κ3) is 4.68. The molecule has 0 aliphatic carbocycles. The number of nitrogens with one attached hydrogen (secondary N) is 2. The summed E-state index contributed by atoms with van der Waals surface area (Å²) in [6.07, 6.45) is 0.783. The van der Waals surface area contributed by atoms with Gasteiger partial charge < -0.3 is 10.6 Å². The van der Waals surface area contributed by atoms with Gasteiger partial charge in [0.2, 0.25) is 0 Å². The summed E-state index contributed by atoms with van der Waals surface area (Å²) in [6.45, 7) is 10.4. The lowest BCUT2D eigenvalue weighted by molar-refractivity contribution is 0.0174. The van der Waals surface area contributed by atoms with Gasteiger partial charge in [-0.3, -0.25) is 14.8 Å². The molecule has 1 aromatic carbocycles. The van der Waals surface area contributed by atoms with Crippen LogP contribution in [-0.2, 0) is 6.42 Å². The Balaban J connectivity index is 1.48. The van der Waals surface area contributed by atoms with Gasteiger partial charge in [0.15, 0.2) is 5.96 Å². The lowest BCUT2D eigenvalue weighted by Crippen LogP contribution is -2.62. The number of rotatable bonds is 6. The van der Waals surface area contributed by atoms with Gasteiger partial charge in [0, 0.05) is 51.9 Å². The minimum Gasteiger partial charge on any atom is -0.357 e. The Bertz CT molecular complexity index is 554. The number of fused-ring (bicyclic) bond motifs is 3. The topological polar surface area (TPSA) is 42.9 Å². The maximum Gasteiger partial charge on any atom is 0.191 e. The molecule has 4 rings (SSSR count). The molecule has 1 atom stereocenters. The SMILES string of the molecule is CCNC(=NCC1CN2CCN1CC2)NCCc1cccc(F)c1. The molecule has 2 bridgehead atoms. The summed E-state index contributed by atoms with van der Waals surface area (Å²) in [5.74, 6) is 0.677. The van der Waals surface area contributed by atoms with Gasteiger partial charge in [0.05, 0.1) is 6.54 Å². The van der Waals surface area contributed by atoms with Crippen molar-refractivity contribution in [2.45, 2.75) is 19.4 Å². The van der Waals surface area contributed by atoms with Crippen molar-refractivity contribution in [1.29, 1.82) is 0 Å². The van der Waals surface area contributed by atoms with Crippen LogP contribution in [-0.4, -0.2) is 74.2 Å². The fourth-order valence-corrected chi connectivity index (χ4v) is 3.45. The van der Waals surface area contributed by atoms with Gasteiger partial charge in [-0.15, -0.1) is 0 Å². The zero-order valence-electron chi connectivity index (χ0n) is 14.5. The van der Waals surface area contributed by atoms with Crippen LogP contribution >= 0.6 is 0 Å². The summed E-state index contributed by atoms with van der Waals surface area (Å²) in [6, 6.07) is 7.31.